The van der Waals surface area contributed by atoms with E-state index in [1.807, 2.05) is 0 Å². The van der Waals surface area contributed by atoms with E-state index in [1.165, 1.54) is 4.90 Å². The lowest BCUT2D eigenvalue weighted by molar-refractivity contribution is 0.0706. The number of carbonyl (C=O) groups excluding carboxylic acids is 1. The van der Waals surface area contributed by atoms with Crippen LogP contribution in [-0.2, 0) is 9.05 Å². The number of carbonyl (C=O) groups is 1. The van der Waals surface area contributed by atoms with E-state index in [1.54, 1.807) is 20.8 Å². The van der Waals surface area contributed by atoms with Gasteiger partial charge in [0.05, 0.1) is 0 Å². The van der Waals surface area contributed by atoms with Crippen molar-refractivity contribution in [3.8, 4) is 0 Å². The molecule has 1 aromatic carbocycles. The van der Waals surface area contributed by atoms with Gasteiger partial charge < -0.3 is 4.90 Å². The predicted molar refractivity (Wildman–Crippen MR) is 71.2 cm³/mol. The van der Waals surface area contributed by atoms with Crippen LogP contribution in [0.5, 0.6) is 0 Å². The highest BCUT2D eigenvalue weighted by Crippen LogP contribution is 2.25. The van der Waals surface area contributed by atoms with Crippen LogP contribution in [0.4, 0.5) is 8.78 Å². The molecule has 112 valence electrons. The van der Waals surface area contributed by atoms with E-state index in [2.05, 4.69) is 0 Å². The highest BCUT2D eigenvalue weighted by molar-refractivity contribution is 8.13. The number of hydrogen-bond acceptors (Lipinski definition) is 3. The number of hydrogen-bond donors (Lipinski definition) is 0. The second kappa shape index (κ2) is 6.05. The lowest BCUT2D eigenvalue weighted by Gasteiger charge is -2.25. The third-order valence-corrected chi connectivity index (χ3v) is 4.10. The second-order valence-electron chi connectivity index (χ2n) is 4.36. The molecule has 0 radical (unpaired) electrons. The van der Waals surface area contributed by atoms with E-state index in [0.717, 1.165) is 0 Å². The minimum Gasteiger partial charge on any atom is -0.336 e. The Balaban J connectivity index is 3.49. The lowest BCUT2D eigenvalue weighted by atomic mass is 10.1. The van der Waals surface area contributed by atoms with Gasteiger partial charge in [-0.25, -0.2) is 17.2 Å². The van der Waals surface area contributed by atoms with Gasteiger partial charge in [-0.1, -0.05) is 0 Å². The van der Waals surface area contributed by atoms with Gasteiger partial charge in [0.2, 0.25) is 0 Å². The second-order valence-corrected chi connectivity index (χ2v) is 6.89. The maximum atomic E-state index is 14.1. The largest absolute Gasteiger partial charge is 0.336 e. The summed E-state index contributed by atoms with van der Waals surface area (Å²) in [6, 6.07) is 1.11. The molecule has 0 aromatic heterocycles. The van der Waals surface area contributed by atoms with E-state index < -0.39 is 37.1 Å². The monoisotopic (exact) mass is 325 g/mol. The first-order valence-corrected chi connectivity index (χ1v) is 8.15. The molecule has 0 spiro atoms. The quantitative estimate of drug-likeness (QED) is 0.800. The maximum absolute atomic E-state index is 14.1. The number of benzene rings is 1. The van der Waals surface area contributed by atoms with Crippen molar-refractivity contribution in [2.24, 2.45) is 0 Å². The van der Waals surface area contributed by atoms with Crippen LogP contribution < -0.4 is 0 Å². The van der Waals surface area contributed by atoms with Crippen molar-refractivity contribution in [2.45, 2.75) is 31.7 Å². The predicted octanol–water partition coefficient (Wildman–Crippen LogP) is 2.76. The molecule has 1 aromatic rings. The van der Waals surface area contributed by atoms with Crippen LogP contribution in [0, 0.1) is 11.6 Å². The van der Waals surface area contributed by atoms with Crippen LogP contribution in [0.25, 0.3) is 0 Å². The summed E-state index contributed by atoms with van der Waals surface area (Å²) in [6.45, 7) is 5.24. The topological polar surface area (TPSA) is 54.5 Å². The molecule has 4 nitrogen and oxygen atoms in total. The van der Waals surface area contributed by atoms with Crippen molar-refractivity contribution in [3.05, 3.63) is 29.3 Å². The molecule has 8 heteroatoms. The Morgan fingerprint density at radius 1 is 1.35 bits per heavy atom. The van der Waals surface area contributed by atoms with Crippen LogP contribution >= 0.6 is 10.7 Å². The van der Waals surface area contributed by atoms with Gasteiger partial charge in [0.25, 0.3) is 15.0 Å². The minimum absolute atomic E-state index is 0.229. The van der Waals surface area contributed by atoms with Gasteiger partial charge >= 0.3 is 0 Å². The van der Waals surface area contributed by atoms with Gasteiger partial charge in [0.1, 0.15) is 16.3 Å². The summed E-state index contributed by atoms with van der Waals surface area (Å²) in [5.74, 6) is -3.51. The Kier molecular flexibility index (Phi) is 5.10. The third-order valence-electron chi connectivity index (χ3n) is 2.76. The number of rotatable bonds is 4. The smallest absolute Gasteiger partial charge is 0.264 e. The first-order chi connectivity index (χ1) is 9.11. The molecule has 0 bridgehead atoms. The Bertz CT molecular complexity index is 632. The van der Waals surface area contributed by atoms with E-state index >= 15 is 0 Å². The van der Waals surface area contributed by atoms with Crippen molar-refractivity contribution < 1.29 is 22.0 Å². The Hall–Kier alpha value is -1.21. The molecular formula is C12H14ClF2NO3S. The fourth-order valence-electron chi connectivity index (χ4n) is 1.80. The Morgan fingerprint density at radius 3 is 2.30 bits per heavy atom. The SMILES string of the molecule is CCN(C(=O)c1c(F)ccc(S(=O)(=O)Cl)c1F)C(C)C. The molecule has 0 aliphatic carbocycles. The Labute approximate surface area is 120 Å². The summed E-state index contributed by atoms with van der Waals surface area (Å²) in [5, 5.41) is 0. The van der Waals surface area contributed by atoms with Gasteiger partial charge in [0.15, 0.2) is 5.82 Å². The molecule has 0 saturated heterocycles. The molecule has 0 heterocycles. The summed E-state index contributed by atoms with van der Waals surface area (Å²) in [7, 11) is 0.655. The normalized spacial score (nSPS) is 11.8. The van der Waals surface area contributed by atoms with Crippen LogP contribution in [0.1, 0.15) is 31.1 Å². The van der Waals surface area contributed by atoms with Crippen molar-refractivity contribution >= 4 is 25.6 Å². The molecule has 0 N–H and O–H groups in total. The number of amides is 1. The zero-order valence-corrected chi connectivity index (χ0v) is 12.7. The molecule has 0 unspecified atom stereocenters. The molecule has 0 aliphatic heterocycles. The highest BCUT2D eigenvalue weighted by atomic mass is 35.7. The van der Waals surface area contributed by atoms with Gasteiger partial charge in [-0.2, -0.15) is 0 Å². The average Bonchev–Trinajstić information content (AvgIpc) is 2.27. The van der Waals surface area contributed by atoms with E-state index in [9.17, 15) is 22.0 Å². The maximum Gasteiger partial charge on any atom is 0.264 e. The fraction of sp³-hybridized carbons (Fsp3) is 0.417. The third kappa shape index (κ3) is 3.27. The van der Waals surface area contributed by atoms with Gasteiger partial charge in [-0.3, -0.25) is 4.79 Å². The van der Waals surface area contributed by atoms with E-state index in [4.69, 9.17) is 10.7 Å². The zero-order valence-electron chi connectivity index (χ0n) is 11.2. The zero-order chi connectivity index (χ0) is 15.7. The molecule has 20 heavy (non-hydrogen) atoms. The van der Waals surface area contributed by atoms with Crippen LogP contribution in [0.2, 0.25) is 0 Å². The van der Waals surface area contributed by atoms with Gasteiger partial charge in [0, 0.05) is 23.3 Å². The van der Waals surface area contributed by atoms with Crippen molar-refractivity contribution in [2.75, 3.05) is 6.54 Å². The average molecular weight is 326 g/mol. The summed E-state index contributed by atoms with van der Waals surface area (Å²) in [5.41, 5.74) is -0.915. The van der Waals surface area contributed by atoms with Crippen LogP contribution in [-0.4, -0.2) is 31.8 Å². The Morgan fingerprint density at radius 2 is 1.90 bits per heavy atom. The highest BCUT2D eigenvalue weighted by Gasteiger charge is 2.29. The summed E-state index contributed by atoms with van der Waals surface area (Å²) >= 11 is 0. The summed E-state index contributed by atoms with van der Waals surface area (Å²) in [4.78, 5) is 12.4. The number of nitrogens with zero attached hydrogens (tertiary/aromatic N) is 1. The lowest BCUT2D eigenvalue weighted by Crippen LogP contribution is -2.37. The van der Waals surface area contributed by atoms with Crippen molar-refractivity contribution in [3.63, 3.8) is 0 Å². The first kappa shape index (κ1) is 16.8. The minimum atomic E-state index is -4.40. The van der Waals surface area contributed by atoms with Crippen LogP contribution in [0.15, 0.2) is 17.0 Å². The van der Waals surface area contributed by atoms with Crippen molar-refractivity contribution in [1.29, 1.82) is 0 Å². The molecule has 1 rings (SSSR count). The summed E-state index contributed by atoms with van der Waals surface area (Å²) in [6.07, 6.45) is 0. The summed E-state index contributed by atoms with van der Waals surface area (Å²) < 4.78 is 50.2. The standard InChI is InChI=1S/C12H14ClF2NO3S/c1-4-16(7(2)3)12(17)10-8(14)5-6-9(11(10)15)20(13,18)19/h5-7H,4H2,1-3H3. The molecule has 0 atom stereocenters. The molecule has 0 fully saturated rings. The van der Waals surface area contributed by atoms with Crippen molar-refractivity contribution in [1.82, 2.24) is 4.90 Å². The van der Waals surface area contributed by atoms with Gasteiger partial charge in [-0.05, 0) is 32.9 Å². The van der Waals surface area contributed by atoms with E-state index in [0.29, 0.717) is 12.1 Å². The van der Waals surface area contributed by atoms with E-state index in [-0.39, 0.29) is 12.6 Å². The molecule has 0 aliphatic rings. The first-order valence-electron chi connectivity index (χ1n) is 5.84. The van der Waals surface area contributed by atoms with Crippen LogP contribution in [0.3, 0.4) is 0 Å². The van der Waals surface area contributed by atoms with Gasteiger partial charge in [-0.15, -0.1) is 0 Å². The number of halogens is 3. The fourth-order valence-corrected chi connectivity index (χ4v) is 2.71. The molecular weight excluding hydrogens is 312 g/mol. The molecule has 1 amide bonds. The molecule has 0 saturated carbocycles.